The van der Waals surface area contributed by atoms with E-state index in [0.717, 1.165) is 18.6 Å². The summed E-state index contributed by atoms with van der Waals surface area (Å²) in [5, 5.41) is 0. The summed E-state index contributed by atoms with van der Waals surface area (Å²) in [6.07, 6.45) is 11.1. The molecule has 0 N–H and O–H groups in total. The number of likely N-dealkylation sites (tertiary alicyclic amines) is 1. The molecule has 0 radical (unpaired) electrons. The van der Waals surface area contributed by atoms with Gasteiger partial charge in [-0.05, 0) is 24.5 Å². The lowest BCUT2D eigenvalue weighted by Gasteiger charge is -2.49. The average Bonchev–Trinajstić information content (AvgIpc) is 2.60. The number of rotatable bonds is 4. The Morgan fingerprint density at radius 2 is 1.61 bits per heavy atom. The summed E-state index contributed by atoms with van der Waals surface area (Å²) in [5.41, 5.74) is 1.34. The fraction of sp³-hybridized carbons (Fsp3) is 0.737. The molecule has 126 valence electrons. The van der Waals surface area contributed by atoms with Crippen molar-refractivity contribution in [1.82, 2.24) is 19.7 Å². The van der Waals surface area contributed by atoms with Gasteiger partial charge >= 0.3 is 0 Å². The van der Waals surface area contributed by atoms with Gasteiger partial charge in [-0.25, -0.2) is 0 Å². The van der Waals surface area contributed by atoms with Crippen LogP contribution < -0.4 is 0 Å². The standard InChI is InChI=1S/C19H30N4/c1-2-6-18(7-3-1)22-9-11-23(12-10-22)19-15-21(16-19)14-17-5-4-8-20-13-17/h4-5,8,13,18-19H,1-3,6-7,9-12,14-16H2. The van der Waals surface area contributed by atoms with E-state index in [2.05, 4.69) is 25.8 Å². The molecule has 1 aromatic rings. The van der Waals surface area contributed by atoms with E-state index in [-0.39, 0.29) is 0 Å². The van der Waals surface area contributed by atoms with Gasteiger partial charge in [-0.1, -0.05) is 25.3 Å². The first-order valence-corrected chi connectivity index (χ1v) is 9.48. The van der Waals surface area contributed by atoms with Crippen LogP contribution in [0.5, 0.6) is 0 Å². The first-order chi connectivity index (χ1) is 11.4. The molecule has 0 spiro atoms. The number of hydrogen-bond acceptors (Lipinski definition) is 4. The lowest BCUT2D eigenvalue weighted by molar-refractivity contribution is -0.0104. The molecule has 0 unspecified atom stereocenters. The van der Waals surface area contributed by atoms with Crippen molar-refractivity contribution in [1.29, 1.82) is 0 Å². The van der Waals surface area contributed by atoms with Crippen molar-refractivity contribution in [2.75, 3.05) is 39.3 Å². The fourth-order valence-electron chi connectivity index (χ4n) is 4.57. The largest absolute Gasteiger partial charge is 0.298 e. The molecule has 0 bridgehead atoms. The predicted octanol–water partition coefficient (Wildman–Crippen LogP) is 2.22. The molecular formula is C19H30N4. The third-order valence-corrected chi connectivity index (χ3v) is 6.02. The van der Waals surface area contributed by atoms with Crippen molar-refractivity contribution < 1.29 is 0 Å². The Kier molecular flexibility index (Phi) is 4.93. The molecule has 0 aromatic carbocycles. The minimum Gasteiger partial charge on any atom is -0.298 e. The molecule has 0 atom stereocenters. The highest BCUT2D eigenvalue weighted by Gasteiger charge is 2.34. The molecule has 1 aliphatic carbocycles. The smallest absolute Gasteiger partial charge is 0.0351 e. The summed E-state index contributed by atoms with van der Waals surface area (Å²) in [6, 6.07) is 5.91. The van der Waals surface area contributed by atoms with Crippen molar-refractivity contribution in [3.63, 3.8) is 0 Å². The van der Waals surface area contributed by atoms with E-state index in [4.69, 9.17) is 0 Å². The predicted molar refractivity (Wildman–Crippen MR) is 93.3 cm³/mol. The van der Waals surface area contributed by atoms with Crippen LogP contribution in [-0.2, 0) is 6.54 Å². The number of nitrogens with zero attached hydrogens (tertiary/aromatic N) is 4. The van der Waals surface area contributed by atoms with Crippen molar-refractivity contribution in [2.45, 2.75) is 50.7 Å². The zero-order valence-corrected chi connectivity index (χ0v) is 14.2. The summed E-state index contributed by atoms with van der Waals surface area (Å²) in [4.78, 5) is 12.3. The van der Waals surface area contributed by atoms with E-state index in [0.29, 0.717) is 0 Å². The second-order valence-electron chi connectivity index (χ2n) is 7.57. The molecular weight excluding hydrogens is 284 g/mol. The topological polar surface area (TPSA) is 22.6 Å². The minimum atomic E-state index is 0.792. The lowest BCUT2D eigenvalue weighted by atomic mass is 9.93. The quantitative estimate of drug-likeness (QED) is 0.850. The molecule has 23 heavy (non-hydrogen) atoms. The monoisotopic (exact) mass is 314 g/mol. The highest BCUT2D eigenvalue weighted by atomic mass is 15.4. The van der Waals surface area contributed by atoms with Gasteiger partial charge in [-0.2, -0.15) is 0 Å². The van der Waals surface area contributed by atoms with Crippen LogP contribution in [0.2, 0.25) is 0 Å². The summed E-state index contributed by atoms with van der Waals surface area (Å²) in [5.74, 6) is 0. The van der Waals surface area contributed by atoms with Gasteiger partial charge < -0.3 is 0 Å². The molecule has 1 saturated carbocycles. The Balaban J connectivity index is 1.19. The van der Waals surface area contributed by atoms with Gasteiger partial charge in [-0.3, -0.25) is 19.7 Å². The third kappa shape index (κ3) is 3.76. The van der Waals surface area contributed by atoms with Crippen LogP contribution in [0.3, 0.4) is 0 Å². The molecule has 4 rings (SSSR count). The second kappa shape index (κ2) is 7.29. The van der Waals surface area contributed by atoms with Crippen LogP contribution >= 0.6 is 0 Å². The van der Waals surface area contributed by atoms with Crippen LogP contribution in [0.15, 0.2) is 24.5 Å². The molecule has 2 saturated heterocycles. The number of aromatic nitrogens is 1. The van der Waals surface area contributed by atoms with Crippen molar-refractivity contribution in [2.24, 2.45) is 0 Å². The highest BCUT2D eigenvalue weighted by Crippen LogP contribution is 2.25. The van der Waals surface area contributed by atoms with Crippen LogP contribution in [0.25, 0.3) is 0 Å². The van der Waals surface area contributed by atoms with E-state index in [9.17, 15) is 0 Å². The maximum Gasteiger partial charge on any atom is 0.0351 e. The summed E-state index contributed by atoms with van der Waals surface area (Å²) in [7, 11) is 0. The average molecular weight is 314 g/mol. The third-order valence-electron chi connectivity index (χ3n) is 6.02. The Labute approximate surface area is 140 Å². The number of piperazine rings is 1. The molecule has 3 aliphatic rings. The Morgan fingerprint density at radius 3 is 2.26 bits per heavy atom. The first kappa shape index (κ1) is 15.6. The van der Waals surface area contributed by atoms with E-state index in [1.807, 2.05) is 18.5 Å². The molecule has 0 amide bonds. The number of hydrogen-bond donors (Lipinski definition) is 0. The highest BCUT2D eigenvalue weighted by molar-refractivity contribution is 5.09. The maximum absolute atomic E-state index is 4.22. The molecule has 4 nitrogen and oxygen atoms in total. The number of pyridine rings is 1. The van der Waals surface area contributed by atoms with Crippen LogP contribution in [0, 0.1) is 0 Å². The van der Waals surface area contributed by atoms with Gasteiger partial charge in [0.1, 0.15) is 0 Å². The van der Waals surface area contributed by atoms with E-state index < -0.39 is 0 Å². The molecule has 3 heterocycles. The Morgan fingerprint density at radius 1 is 0.913 bits per heavy atom. The molecule has 2 aliphatic heterocycles. The van der Waals surface area contributed by atoms with Gasteiger partial charge in [0.05, 0.1) is 0 Å². The summed E-state index contributed by atoms with van der Waals surface area (Å²) >= 11 is 0. The molecule has 3 fully saturated rings. The zero-order valence-electron chi connectivity index (χ0n) is 14.2. The van der Waals surface area contributed by atoms with Gasteiger partial charge in [0, 0.05) is 70.3 Å². The van der Waals surface area contributed by atoms with E-state index in [1.54, 1.807) is 0 Å². The first-order valence-electron chi connectivity index (χ1n) is 9.48. The van der Waals surface area contributed by atoms with Crippen molar-refractivity contribution in [3.8, 4) is 0 Å². The van der Waals surface area contributed by atoms with Crippen LogP contribution in [-0.4, -0.2) is 71.0 Å². The zero-order chi connectivity index (χ0) is 15.5. The van der Waals surface area contributed by atoms with Gasteiger partial charge in [-0.15, -0.1) is 0 Å². The van der Waals surface area contributed by atoms with Crippen LogP contribution in [0.1, 0.15) is 37.7 Å². The van der Waals surface area contributed by atoms with Crippen molar-refractivity contribution >= 4 is 0 Å². The van der Waals surface area contributed by atoms with Gasteiger partial charge in [0.25, 0.3) is 0 Å². The van der Waals surface area contributed by atoms with Gasteiger partial charge in [0.15, 0.2) is 0 Å². The maximum atomic E-state index is 4.22. The van der Waals surface area contributed by atoms with Crippen LogP contribution in [0.4, 0.5) is 0 Å². The molecule has 4 heteroatoms. The van der Waals surface area contributed by atoms with Gasteiger partial charge in [0.2, 0.25) is 0 Å². The minimum absolute atomic E-state index is 0.792. The summed E-state index contributed by atoms with van der Waals surface area (Å²) < 4.78 is 0. The van der Waals surface area contributed by atoms with E-state index in [1.165, 1.54) is 76.9 Å². The Bertz CT molecular complexity index is 471. The summed E-state index contributed by atoms with van der Waals surface area (Å²) in [6.45, 7) is 8.68. The normalized spacial score (nSPS) is 26.3. The second-order valence-corrected chi connectivity index (χ2v) is 7.57. The van der Waals surface area contributed by atoms with E-state index >= 15 is 0 Å². The Hall–Kier alpha value is -0.970. The molecule has 1 aromatic heterocycles. The SMILES string of the molecule is c1cncc(CN2CC(N3CCN(C4CCCCC4)CC3)C2)c1. The van der Waals surface area contributed by atoms with Crippen molar-refractivity contribution in [3.05, 3.63) is 30.1 Å². The fourth-order valence-corrected chi connectivity index (χ4v) is 4.57. The lowest BCUT2D eigenvalue weighted by Crippen LogP contribution is -2.63.